The molecule has 18 heavy (non-hydrogen) atoms. The second kappa shape index (κ2) is 8.25. The molecule has 0 aliphatic heterocycles. The predicted octanol–water partition coefficient (Wildman–Crippen LogP) is 2.29. The Morgan fingerprint density at radius 3 is 2.44 bits per heavy atom. The van der Waals surface area contributed by atoms with Crippen LogP contribution in [0.1, 0.15) is 26.3 Å². The zero-order valence-corrected chi connectivity index (χ0v) is 11.7. The summed E-state index contributed by atoms with van der Waals surface area (Å²) in [5.41, 5.74) is 1.14. The molecule has 0 aromatic heterocycles. The maximum Gasteiger partial charge on any atom is 0.0900 e. The van der Waals surface area contributed by atoms with E-state index in [0.717, 1.165) is 12.1 Å². The maximum atomic E-state index is 9.91. The Kier molecular flexibility index (Phi) is 6.94. The van der Waals surface area contributed by atoms with Gasteiger partial charge in [-0.3, -0.25) is 4.90 Å². The minimum Gasteiger partial charge on any atom is -0.389 e. The Morgan fingerprint density at radius 1 is 1.22 bits per heavy atom. The van der Waals surface area contributed by atoms with Gasteiger partial charge in [-0.2, -0.15) is 0 Å². The summed E-state index contributed by atoms with van der Waals surface area (Å²) in [6, 6.07) is 10.5. The van der Waals surface area contributed by atoms with Crippen LogP contribution in [-0.4, -0.2) is 41.8 Å². The molecule has 1 atom stereocenters. The highest BCUT2D eigenvalue weighted by molar-refractivity contribution is 5.13. The van der Waals surface area contributed by atoms with E-state index in [1.807, 2.05) is 30.3 Å². The highest BCUT2D eigenvalue weighted by Gasteiger charge is 2.12. The van der Waals surface area contributed by atoms with E-state index in [4.69, 9.17) is 4.74 Å². The molecule has 0 aliphatic rings. The molecule has 0 heterocycles. The van der Waals surface area contributed by atoms with E-state index in [-0.39, 0.29) is 0 Å². The smallest absolute Gasteiger partial charge is 0.0900 e. The fourth-order valence-electron chi connectivity index (χ4n) is 1.92. The molecule has 3 heteroatoms. The number of benzene rings is 1. The molecule has 3 nitrogen and oxygen atoms in total. The van der Waals surface area contributed by atoms with Gasteiger partial charge in [0, 0.05) is 12.6 Å². The predicted molar refractivity (Wildman–Crippen MR) is 74.5 cm³/mol. The Balaban J connectivity index is 2.23. The zero-order valence-electron chi connectivity index (χ0n) is 11.7. The number of hydrogen-bond donors (Lipinski definition) is 1. The molecule has 0 aliphatic carbocycles. The van der Waals surface area contributed by atoms with Gasteiger partial charge in [-0.05, 0) is 26.0 Å². The van der Waals surface area contributed by atoms with E-state index >= 15 is 0 Å². The fraction of sp³-hybridized carbons (Fsp3) is 0.600. The molecule has 0 spiro atoms. The van der Waals surface area contributed by atoms with Crippen LogP contribution in [0.5, 0.6) is 0 Å². The van der Waals surface area contributed by atoms with E-state index in [1.54, 1.807) is 0 Å². The Labute approximate surface area is 110 Å². The van der Waals surface area contributed by atoms with Crippen molar-refractivity contribution in [3.8, 4) is 0 Å². The van der Waals surface area contributed by atoms with E-state index in [1.165, 1.54) is 0 Å². The molecule has 0 amide bonds. The monoisotopic (exact) mass is 251 g/mol. The molecule has 1 N–H and O–H groups in total. The van der Waals surface area contributed by atoms with Crippen LogP contribution >= 0.6 is 0 Å². The third-order valence-corrected chi connectivity index (χ3v) is 3.00. The van der Waals surface area contributed by atoms with Gasteiger partial charge in [0.1, 0.15) is 0 Å². The zero-order chi connectivity index (χ0) is 13.4. The van der Waals surface area contributed by atoms with Crippen molar-refractivity contribution in [2.45, 2.75) is 39.5 Å². The van der Waals surface area contributed by atoms with Crippen LogP contribution in [0.4, 0.5) is 0 Å². The van der Waals surface area contributed by atoms with Gasteiger partial charge in [-0.1, -0.05) is 37.3 Å². The van der Waals surface area contributed by atoms with Crippen molar-refractivity contribution >= 4 is 0 Å². The molecule has 1 rings (SSSR count). The lowest BCUT2D eigenvalue weighted by atomic mass is 10.2. The second-order valence-corrected chi connectivity index (χ2v) is 4.84. The summed E-state index contributed by atoms with van der Waals surface area (Å²) in [4.78, 5) is 2.23. The van der Waals surface area contributed by atoms with Crippen LogP contribution in [-0.2, 0) is 11.3 Å². The first-order chi connectivity index (χ1) is 8.63. The van der Waals surface area contributed by atoms with Crippen LogP contribution in [0, 0.1) is 0 Å². The molecular formula is C15H25NO2. The molecule has 1 aromatic rings. The second-order valence-electron chi connectivity index (χ2n) is 4.84. The van der Waals surface area contributed by atoms with Gasteiger partial charge >= 0.3 is 0 Å². The quantitative estimate of drug-likeness (QED) is 0.769. The molecule has 102 valence electrons. The van der Waals surface area contributed by atoms with Crippen molar-refractivity contribution in [2.75, 3.05) is 19.7 Å². The van der Waals surface area contributed by atoms with Crippen molar-refractivity contribution in [2.24, 2.45) is 0 Å². The number of aliphatic hydroxyl groups excluding tert-OH is 1. The molecule has 1 aromatic carbocycles. The molecule has 0 saturated carbocycles. The SMILES string of the molecule is CCN(C[C@@H](O)COCc1ccccc1)C(C)C. The van der Waals surface area contributed by atoms with E-state index in [0.29, 0.717) is 25.8 Å². The van der Waals surface area contributed by atoms with Crippen molar-refractivity contribution in [1.29, 1.82) is 0 Å². The van der Waals surface area contributed by atoms with Crippen molar-refractivity contribution in [3.05, 3.63) is 35.9 Å². The number of nitrogens with zero attached hydrogens (tertiary/aromatic N) is 1. The van der Waals surface area contributed by atoms with Crippen molar-refractivity contribution < 1.29 is 9.84 Å². The summed E-state index contributed by atoms with van der Waals surface area (Å²) in [5, 5.41) is 9.91. The third-order valence-electron chi connectivity index (χ3n) is 3.00. The lowest BCUT2D eigenvalue weighted by Gasteiger charge is -2.27. The molecular weight excluding hydrogens is 226 g/mol. The lowest BCUT2D eigenvalue weighted by Crippen LogP contribution is -2.39. The standard InChI is InChI=1S/C15H25NO2/c1-4-16(13(2)3)10-15(17)12-18-11-14-8-6-5-7-9-14/h5-9,13,15,17H,4,10-12H2,1-3H3/t15-/m1/s1. The molecule has 0 bridgehead atoms. The maximum absolute atomic E-state index is 9.91. The van der Waals surface area contributed by atoms with Crippen LogP contribution < -0.4 is 0 Å². The average molecular weight is 251 g/mol. The Bertz CT molecular complexity index is 314. The van der Waals surface area contributed by atoms with Gasteiger partial charge in [-0.25, -0.2) is 0 Å². The van der Waals surface area contributed by atoms with E-state index in [2.05, 4.69) is 25.7 Å². The highest BCUT2D eigenvalue weighted by atomic mass is 16.5. The summed E-state index contributed by atoms with van der Waals surface area (Å²) in [5.74, 6) is 0. The normalized spacial score (nSPS) is 13.2. The fourth-order valence-corrected chi connectivity index (χ4v) is 1.92. The first-order valence-electron chi connectivity index (χ1n) is 6.67. The van der Waals surface area contributed by atoms with Gasteiger partial charge in [0.15, 0.2) is 0 Å². The van der Waals surface area contributed by atoms with E-state index in [9.17, 15) is 5.11 Å². The minimum absolute atomic E-state index is 0.387. The largest absolute Gasteiger partial charge is 0.389 e. The number of aliphatic hydroxyl groups is 1. The van der Waals surface area contributed by atoms with Crippen LogP contribution in [0.25, 0.3) is 0 Å². The topological polar surface area (TPSA) is 32.7 Å². The van der Waals surface area contributed by atoms with Crippen LogP contribution in [0.3, 0.4) is 0 Å². The highest BCUT2D eigenvalue weighted by Crippen LogP contribution is 2.03. The van der Waals surface area contributed by atoms with Crippen LogP contribution in [0.2, 0.25) is 0 Å². The van der Waals surface area contributed by atoms with Crippen LogP contribution in [0.15, 0.2) is 30.3 Å². The number of ether oxygens (including phenoxy) is 1. The van der Waals surface area contributed by atoms with Crippen molar-refractivity contribution in [1.82, 2.24) is 4.90 Å². The average Bonchev–Trinajstić information content (AvgIpc) is 2.37. The minimum atomic E-state index is -0.420. The summed E-state index contributed by atoms with van der Waals surface area (Å²) >= 11 is 0. The first kappa shape index (κ1) is 15.2. The van der Waals surface area contributed by atoms with Gasteiger partial charge in [0.05, 0.1) is 19.3 Å². The number of likely N-dealkylation sites (N-methyl/N-ethyl adjacent to an activating group) is 1. The molecule has 0 fully saturated rings. The van der Waals surface area contributed by atoms with Gasteiger partial charge < -0.3 is 9.84 Å². The molecule has 0 saturated heterocycles. The summed E-state index contributed by atoms with van der Waals surface area (Å²) in [7, 11) is 0. The molecule has 0 radical (unpaired) electrons. The van der Waals surface area contributed by atoms with Gasteiger partial charge in [0.2, 0.25) is 0 Å². The first-order valence-corrected chi connectivity index (χ1v) is 6.67. The third kappa shape index (κ3) is 5.63. The number of hydrogen-bond acceptors (Lipinski definition) is 3. The van der Waals surface area contributed by atoms with Gasteiger partial charge in [0.25, 0.3) is 0 Å². The Hall–Kier alpha value is -0.900. The number of rotatable bonds is 8. The van der Waals surface area contributed by atoms with Crippen molar-refractivity contribution in [3.63, 3.8) is 0 Å². The summed E-state index contributed by atoms with van der Waals surface area (Å²) < 4.78 is 5.53. The summed E-state index contributed by atoms with van der Waals surface area (Å²) in [6.07, 6.45) is -0.420. The Morgan fingerprint density at radius 2 is 1.89 bits per heavy atom. The van der Waals surface area contributed by atoms with Gasteiger partial charge in [-0.15, -0.1) is 0 Å². The lowest BCUT2D eigenvalue weighted by molar-refractivity contribution is 0.00586. The summed E-state index contributed by atoms with van der Waals surface area (Å²) in [6.45, 7) is 8.96. The van der Waals surface area contributed by atoms with E-state index < -0.39 is 6.10 Å². The molecule has 0 unspecified atom stereocenters.